The van der Waals surface area contributed by atoms with Crippen LogP contribution in [0.3, 0.4) is 0 Å². The molecule has 0 aromatic heterocycles. The normalized spacial score (nSPS) is 13.1. The molecule has 2 nitrogen and oxygen atoms in total. The van der Waals surface area contributed by atoms with Gasteiger partial charge in [0.25, 0.3) is 0 Å². The lowest BCUT2D eigenvalue weighted by atomic mass is 10.1. The van der Waals surface area contributed by atoms with E-state index in [1.54, 1.807) is 7.11 Å². The van der Waals surface area contributed by atoms with Crippen LogP contribution in [0.2, 0.25) is 0 Å². The van der Waals surface area contributed by atoms with E-state index < -0.39 is 0 Å². The summed E-state index contributed by atoms with van der Waals surface area (Å²) in [6, 6.07) is 12.4. The van der Waals surface area contributed by atoms with Crippen molar-refractivity contribution >= 4 is 15.9 Å². The summed E-state index contributed by atoms with van der Waals surface area (Å²) in [4.78, 5) is 0. The molecule has 1 aliphatic carbocycles. The van der Waals surface area contributed by atoms with Crippen molar-refractivity contribution in [3.8, 4) is 11.5 Å². The number of hydrogen-bond donors (Lipinski definition) is 0. The van der Waals surface area contributed by atoms with E-state index in [9.17, 15) is 0 Å². The van der Waals surface area contributed by atoms with Crippen molar-refractivity contribution in [3.63, 3.8) is 0 Å². The smallest absolute Gasteiger partial charge is 0.134 e. The van der Waals surface area contributed by atoms with E-state index in [2.05, 4.69) is 34.1 Å². The molecule has 0 unspecified atom stereocenters. The number of benzene rings is 2. The number of fused-ring (bicyclic) bond motifs is 1. The molecule has 0 radical (unpaired) electrons. The van der Waals surface area contributed by atoms with Gasteiger partial charge in [-0.15, -0.1) is 0 Å². The fourth-order valence-electron chi connectivity index (χ4n) is 2.60. The molecule has 0 spiro atoms. The molecule has 0 N–H and O–H groups in total. The lowest BCUT2D eigenvalue weighted by molar-refractivity contribution is 0.303. The van der Waals surface area contributed by atoms with E-state index in [-0.39, 0.29) is 0 Å². The van der Waals surface area contributed by atoms with Crippen molar-refractivity contribution in [2.45, 2.75) is 25.9 Å². The fourth-order valence-corrected chi connectivity index (χ4v) is 3.07. The Balaban J connectivity index is 1.70. The topological polar surface area (TPSA) is 18.5 Å². The van der Waals surface area contributed by atoms with Gasteiger partial charge in [-0.25, -0.2) is 0 Å². The summed E-state index contributed by atoms with van der Waals surface area (Å²) < 4.78 is 12.0. The number of methoxy groups -OCH3 is 1. The van der Waals surface area contributed by atoms with Crippen molar-refractivity contribution in [3.05, 3.63) is 57.6 Å². The first-order chi connectivity index (χ1) is 9.76. The van der Waals surface area contributed by atoms with Gasteiger partial charge < -0.3 is 9.47 Å². The van der Waals surface area contributed by atoms with Gasteiger partial charge in [0.05, 0.1) is 11.6 Å². The predicted octanol–water partition coefficient (Wildman–Crippen LogP) is 4.53. The molecule has 0 aliphatic heterocycles. The lowest BCUT2D eigenvalue weighted by Crippen LogP contribution is -1.97. The molecule has 0 amide bonds. The minimum Gasteiger partial charge on any atom is -0.497 e. The molecule has 0 heterocycles. The molecular weight excluding hydrogens is 316 g/mol. The van der Waals surface area contributed by atoms with Crippen LogP contribution in [0.4, 0.5) is 0 Å². The second-order valence-corrected chi connectivity index (χ2v) is 5.90. The third kappa shape index (κ3) is 2.83. The third-order valence-corrected chi connectivity index (χ3v) is 4.32. The summed E-state index contributed by atoms with van der Waals surface area (Å²) in [5.41, 5.74) is 4.22. The molecule has 0 saturated heterocycles. The molecular formula is C17H17BrO2. The summed E-state index contributed by atoms with van der Waals surface area (Å²) in [6.07, 6.45) is 3.71. The Morgan fingerprint density at radius 3 is 2.70 bits per heavy atom. The Bertz CT molecular complexity index is 622. The molecule has 0 fully saturated rings. The Morgan fingerprint density at radius 2 is 1.90 bits per heavy atom. The van der Waals surface area contributed by atoms with Gasteiger partial charge >= 0.3 is 0 Å². The van der Waals surface area contributed by atoms with E-state index >= 15 is 0 Å². The number of ether oxygens (including phenoxy) is 2. The number of rotatable bonds is 4. The summed E-state index contributed by atoms with van der Waals surface area (Å²) in [5, 5.41) is 0. The van der Waals surface area contributed by atoms with Crippen molar-refractivity contribution < 1.29 is 9.47 Å². The number of aryl methyl sites for hydroxylation is 2. The van der Waals surface area contributed by atoms with Gasteiger partial charge in [0.15, 0.2) is 0 Å². The second kappa shape index (κ2) is 5.88. The molecule has 3 rings (SSSR count). The van der Waals surface area contributed by atoms with Crippen LogP contribution >= 0.6 is 15.9 Å². The van der Waals surface area contributed by atoms with E-state index in [1.165, 1.54) is 36.0 Å². The third-order valence-electron chi connectivity index (χ3n) is 3.70. The molecule has 0 saturated carbocycles. The van der Waals surface area contributed by atoms with Crippen molar-refractivity contribution in [1.29, 1.82) is 0 Å². The Kier molecular flexibility index (Phi) is 3.97. The van der Waals surface area contributed by atoms with Crippen molar-refractivity contribution in [2.24, 2.45) is 0 Å². The van der Waals surface area contributed by atoms with E-state index in [4.69, 9.17) is 9.47 Å². The number of hydrogen-bond acceptors (Lipinski definition) is 2. The Labute approximate surface area is 127 Å². The van der Waals surface area contributed by atoms with Crippen LogP contribution in [0.25, 0.3) is 0 Å². The maximum atomic E-state index is 5.88. The van der Waals surface area contributed by atoms with Gasteiger partial charge in [-0.1, -0.05) is 18.2 Å². The molecule has 0 bridgehead atoms. The zero-order valence-corrected chi connectivity index (χ0v) is 13.1. The zero-order valence-electron chi connectivity index (χ0n) is 11.5. The SMILES string of the molecule is COc1ccc(OCc2ccc3c(c2)CCC3)c(Br)c1. The van der Waals surface area contributed by atoms with Crippen molar-refractivity contribution in [1.82, 2.24) is 0 Å². The average Bonchev–Trinajstić information content (AvgIpc) is 2.93. The highest BCUT2D eigenvalue weighted by atomic mass is 79.9. The highest BCUT2D eigenvalue weighted by molar-refractivity contribution is 9.10. The van der Waals surface area contributed by atoms with Crippen LogP contribution in [-0.4, -0.2) is 7.11 Å². The molecule has 3 heteroatoms. The summed E-state index contributed by atoms with van der Waals surface area (Å²) in [6.45, 7) is 0.595. The standard InChI is InChI=1S/C17H17BrO2/c1-19-15-7-8-17(16(18)10-15)20-11-12-5-6-13-3-2-4-14(13)9-12/h5-10H,2-4,11H2,1H3. The fraction of sp³-hybridized carbons (Fsp3) is 0.294. The molecule has 104 valence electrons. The van der Waals surface area contributed by atoms with Gasteiger partial charge in [-0.3, -0.25) is 0 Å². The minimum atomic E-state index is 0.595. The molecule has 2 aromatic carbocycles. The average molecular weight is 333 g/mol. The zero-order chi connectivity index (χ0) is 13.9. The number of halogens is 1. The first-order valence-electron chi connectivity index (χ1n) is 6.83. The Morgan fingerprint density at radius 1 is 1.05 bits per heavy atom. The molecule has 1 aliphatic rings. The monoisotopic (exact) mass is 332 g/mol. The second-order valence-electron chi connectivity index (χ2n) is 5.04. The summed E-state index contributed by atoms with van der Waals surface area (Å²) >= 11 is 3.51. The highest BCUT2D eigenvalue weighted by Gasteiger charge is 2.11. The maximum Gasteiger partial charge on any atom is 0.134 e. The van der Waals surface area contributed by atoms with Crippen LogP contribution in [0.15, 0.2) is 40.9 Å². The minimum absolute atomic E-state index is 0.595. The van der Waals surface area contributed by atoms with Gasteiger partial charge in [-0.2, -0.15) is 0 Å². The van der Waals surface area contributed by atoms with Crippen LogP contribution in [0.1, 0.15) is 23.1 Å². The largest absolute Gasteiger partial charge is 0.497 e. The molecule has 0 atom stereocenters. The lowest BCUT2D eigenvalue weighted by Gasteiger charge is -2.10. The maximum absolute atomic E-state index is 5.88. The van der Waals surface area contributed by atoms with E-state index in [1.807, 2.05) is 18.2 Å². The van der Waals surface area contributed by atoms with Crippen molar-refractivity contribution in [2.75, 3.05) is 7.11 Å². The Hall–Kier alpha value is -1.48. The summed E-state index contributed by atoms with van der Waals surface area (Å²) in [7, 11) is 1.66. The highest BCUT2D eigenvalue weighted by Crippen LogP contribution is 2.30. The molecule has 2 aromatic rings. The van der Waals surface area contributed by atoms with Crippen LogP contribution in [0, 0.1) is 0 Å². The predicted molar refractivity (Wildman–Crippen MR) is 83.5 cm³/mol. The van der Waals surface area contributed by atoms with Crippen LogP contribution in [0.5, 0.6) is 11.5 Å². The van der Waals surface area contributed by atoms with Gasteiger partial charge in [0, 0.05) is 0 Å². The molecule has 20 heavy (non-hydrogen) atoms. The first kappa shape index (κ1) is 13.5. The van der Waals surface area contributed by atoms with Crippen LogP contribution < -0.4 is 9.47 Å². The summed E-state index contributed by atoms with van der Waals surface area (Å²) in [5.74, 6) is 1.66. The van der Waals surface area contributed by atoms with Crippen LogP contribution in [-0.2, 0) is 19.4 Å². The van der Waals surface area contributed by atoms with E-state index in [0.717, 1.165) is 16.0 Å². The van der Waals surface area contributed by atoms with Gasteiger partial charge in [0.2, 0.25) is 0 Å². The first-order valence-corrected chi connectivity index (χ1v) is 7.62. The van der Waals surface area contributed by atoms with Gasteiger partial charge in [0.1, 0.15) is 18.1 Å². The van der Waals surface area contributed by atoms with Gasteiger partial charge in [-0.05, 0) is 70.1 Å². The quantitative estimate of drug-likeness (QED) is 0.819. The van der Waals surface area contributed by atoms with E-state index in [0.29, 0.717) is 6.61 Å².